The Hall–Kier alpha value is -2.92. The van der Waals surface area contributed by atoms with E-state index in [1.54, 1.807) is 24.3 Å². The van der Waals surface area contributed by atoms with Gasteiger partial charge in [-0.1, -0.05) is 41.9 Å². The van der Waals surface area contributed by atoms with Crippen LogP contribution in [0.5, 0.6) is 0 Å². The van der Waals surface area contributed by atoms with Gasteiger partial charge in [-0.15, -0.1) is 0 Å². The van der Waals surface area contributed by atoms with Crippen LogP contribution >= 0.6 is 11.6 Å². The molecule has 24 heavy (non-hydrogen) atoms. The second kappa shape index (κ2) is 7.10. The van der Waals surface area contributed by atoms with E-state index in [-0.39, 0.29) is 11.8 Å². The van der Waals surface area contributed by atoms with Crippen molar-refractivity contribution < 1.29 is 9.59 Å². The average Bonchev–Trinajstić information content (AvgIpc) is 2.73. The minimum Gasteiger partial charge on any atom is -0.336 e. The molecule has 0 spiro atoms. The number of carbonyl (C=O) groups excluding carboxylic acids is 2. The zero-order valence-electron chi connectivity index (χ0n) is 12.6. The first-order valence-corrected chi connectivity index (χ1v) is 7.68. The molecule has 0 saturated carbocycles. The van der Waals surface area contributed by atoms with E-state index in [1.165, 1.54) is 12.3 Å². The molecule has 1 aliphatic rings. The van der Waals surface area contributed by atoms with Gasteiger partial charge in [0.1, 0.15) is 6.04 Å². The third-order valence-electron chi connectivity index (χ3n) is 3.39. The second-order valence-electron chi connectivity index (χ2n) is 5.16. The van der Waals surface area contributed by atoms with Crippen LogP contribution in [0.1, 0.15) is 5.56 Å². The molecule has 2 amide bonds. The number of rotatable bonds is 3. The minimum absolute atomic E-state index is 0.374. The maximum Gasteiger partial charge on any atom is 0.252 e. The number of carbonyl (C=O) groups is 2. The fourth-order valence-electron chi connectivity index (χ4n) is 2.19. The molecule has 6 heteroatoms. The number of nitrogens with zero attached hydrogens (tertiary/aromatic N) is 1. The highest BCUT2D eigenvalue weighted by Crippen LogP contribution is 2.29. The summed E-state index contributed by atoms with van der Waals surface area (Å²) in [7, 11) is 0. The number of anilines is 1. The normalized spacial score (nSPS) is 16.4. The largest absolute Gasteiger partial charge is 0.336 e. The van der Waals surface area contributed by atoms with Crippen LogP contribution in [-0.2, 0) is 9.59 Å². The van der Waals surface area contributed by atoms with Crippen molar-refractivity contribution in [3.8, 4) is 0 Å². The van der Waals surface area contributed by atoms with Gasteiger partial charge in [-0.05, 0) is 29.8 Å². The zero-order valence-corrected chi connectivity index (χ0v) is 13.3. The SMILES string of the molecule is O=C(/C=C\c1ccccc1)N[C@H]1C=Nc2ccc(Cl)cc2NC1=O. The lowest BCUT2D eigenvalue weighted by atomic mass is 10.2. The van der Waals surface area contributed by atoms with Crippen LogP contribution in [0.4, 0.5) is 11.4 Å². The highest BCUT2D eigenvalue weighted by molar-refractivity contribution is 6.31. The van der Waals surface area contributed by atoms with Gasteiger partial charge in [0.05, 0.1) is 11.4 Å². The first kappa shape index (κ1) is 16.0. The maximum absolute atomic E-state index is 12.2. The van der Waals surface area contributed by atoms with Crippen molar-refractivity contribution in [3.05, 3.63) is 65.2 Å². The van der Waals surface area contributed by atoms with Crippen molar-refractivity contribution >= 4 is 47.1 Å². The summed E-state index contributed by atoms with van der Waals surface area (Å²) in [6.45, 7) is 0. The number of fused-ring (bicyclic) bond motifs is 1. The highest BCUT2D eigenvalue weighted by Gasteiger charge is 2.21. The molecule has 3 rings (SSSR count). The second-order valence-corrected chi connectivity index (χ2v) is 5.60. The van der Waals surface area contributed by atoms with Crippen LogP contribution in [0.2, 0.25) is 5.02 Å². The summed E-state index contributed by atoms with van der Waals surface area (Å²) in [5, 5.41) is 5.81. The van der Waals surface area contributed by atoms with Crippen LogP contribution in [0.3, 0.4) is 0 Å². The van der Waals surface area contributed by atoms with E-state index in [0.717, 1.165) is 5.56 Å². The molecule has 0 radical (unpaired) electrons. The number of halogens is 1. The van der Waals surface area contributed by atoms with Crippen molar-refractivity contribution in [1.82, 2.24) is 5.32 Å². The predicted molar refractivity (Wildman–Crippen MR) is 95.6 cm³/mol. The fraction of sp³-hybridized carbons (Fsp3) is 0.0556. The Labute approximate surface area is 144 Å². The first-order valence-electron chi connectivity index (χ1n) is 7.30. The Morgan fingerprint density at radius 1 is 1.21 bits per heavy atom. The van der Waals surface area contributed by atoms with E-state index in [1.807, 2.05) is 30.3 Å². The highest BCUT2D eigenvalue weighted by atomic mass is 35.5. The lowest BCUT2D eigenvalue weighted by Gasteiger charge is -2.11. The van der Waals surface area contributed by atoms with Gasteiger partial charge < -0.3 is 10.6 Å². The van der Waals surface area contributed by atoms with Gasteiger partial charge in [0.25, 0.3) is 5.91 Å². The molecule has 0 aliphatic carbocycles. The number of aliphatic imine (C=N–C) groups is 1. The summed E-state index contributed by atoms with van der Waals surface area (Å²) in [6, 6.07) is 13.6. The molecule has 0 unspecified atom stereocenters. The van der Waals surface area contributed by atoms with Gasteiger partial charge in [0, 0.05) is 17.3 Å². The van der Waals surface area contributed by atoms with Gasteiger partial charge in [0.2, 0.25) is 5.91 Å². The summed E-state index contributed by atoms with van der Waals surface area (Å²) in [6.07, 6.45) is 4.46. The van der Waals surface area contributed by atoms with Crippen molar-refractivity contribution in [2.75, 3.05) is 5.32 Å². The Balaban J connectivity index is 1.69. The van der Waals surface area contributed by atoms with Gasteiger partial charge in [0.15, 0.2) is 0 Å². The van der Waals surface area contributed by atoms with Crippen LogP contribution in [0.25, 0.3) is 6.08 Å². The van der Waals surface area contributed by atoms with Crippen LogP contribution in [-0.4, -0.2) is 24.1 Å². The van der Waals surface area contributed by atoms with Crippen molar-refractivity contribution in [1.29, 1.82) is 0 Å². The number of amides is 2. The summed E-state index contributed by atoms with van der Waals surface area (Å²) in [5.41, 5.74) is 2.00. The molecule has 2 N–H and O–H groups in total. The molecule has 1 heterocycles. The molecule has 0 bridgehead atoms. The molecular weight excluding hydrogens is 326 g/mol. The Morgan fingerprint density at radius 2 is 2.00 bits per heavy atom. The number of benzene rings is 2. The number of hydrogen-bond donors (Lipinski definition) is 2. The molecule has 0 saturated heterocycles. The van der Waals surface area contributed by atoms with Crippen LogP contribution in [0.15, 0.2) is 59.6 Å². The minimum atomic E-state index is -0.857. The van der Waals surface area contributed by atoms with E-state index in [0.29, 0.717) is 16.4 Å². The average molecular weight is 340 g/mol. The van der Waals surface area contributed by atoms with Crippen molar-refractivity contribution in [2.45, 2.75) is 6.04 Å². The van der Waals surface area contributed by atoms with Gasteiger partial charge in [-0.25, -0.2) is 0 Å². The van der Waals surface area contributed by atoms with Gasteiger partial charge in [-0.3, -0.25) is 14.6 Å². The third kappa shape index (κ3) is 3.88. The molecule has 1 atom stereocenters. The molecule has 2 aromatic rings. The zero-order chi connectivity index (χ0) is 16.9. The maximum atomic E-state index is 12.2. The third-order valence-corrected chi connectivity index (χ3v) is 3.62. The quantitative estimate of drug-likeness (QED) is 0.843. The Morgan fingerprint density at radius 3 is 2.79 bits per heavy atom. The topological polar surface area (TPSA) is 70.6 Å². The molecule has 5 nitrogen and oxygen atoms in total. The lowest BCUT2D eigenvalue weighted by molar-refractivity contribution is -0.122. The monoisotopic (exact) mass is 339 g/mol. The van der Waals surface area contributed by atoms with Gasteiger partial charge in [-0.2, -0.15) is 0 Å². The Bertz CT molecular complexity index is 831. The molecule has 0 aromatic heterocycles. The standard InChI is InChI=1S/C18H14ClN3O2/c19-13-7-8-14-15(10-13)22-18(24)16(11-20-14)21-17(23)9-6-12-4-2-1-3-5-12/h1-11,16H,(H,21,23)(H,22,24)/b9-6-/t16-/m0/s1. The van der Waals surface area contributed by atoms with E-state index < -0.39 is 6.04 Å². The van der Waals surface area contributed by atoms with E-state index in [2.05, 4.69) is 15.6 Å². The molecule has 120 valence electrons. The molecule has 0 fully saturated rings. The molecular formula is C18H14ClN3O2. The van der Waals surface area contributed by atoms with E-state index in [9.17, 15) is 9.59 Å². The summed E-state index contributed by atoms with van der Waals surface area (Å²) >= 11 is 5.92. The van der Waals surface area contributed by atoms with Crippen LogP contribution in [0, 0.1) is 0 Å². The lowest BCUT2D eigenvalue weighted by Crippen LogP contribution is -2.43. The number of nitrogens with one attached hydrogen (secondary N) is 2. The van der Waals surface area contributed by atoms with E-state index in [4.69, 9.17) is 11.6 Å². The van der Waals surface area contributed by atoms with Crippen LogP contribution < -0.4 is 10.6 Å². The number of hydrogen-bond acceptors (Lipinski definition) is 3. The predicted octanol–water partition coefficient (Wildman–Crippen LogP) is 3.19. The van der Waals surface area contributed by atoms with E-state index >= 15 is 0 Å². The smallest absolute Gasteiger partial charge is 0.252 e. The fourth-order valence-corrected chi connectivity index (χ4v) is 2.37. The van der Waals surface area contributed by atoms with Gasteiger partial charge >= 0.3 is 0 Å². The van der Waals surface area contributed by atoms with Crippen molar-refractivity contribution in [2.24, 2.45) is 4.99 Å². The summed E-state index contributed by atoms with van der Waals surface area (Å²) in [5.74, 6) is -0.754. The molecule has 1 aliphatic heterocycles. The Kier molecular flexibility index (Phi) is 4.72. The summed E-state index contributed by atoms with van der Waals surface area (Å²) < 4.78 is 0. The molecule has 2 aromatic carbocycles. The first-order chi connectivity index (χ1) is 11.6. The van der Waals surface area contributed by atoms with Crippen molar-refractivity contribution in [3.63, 3.8) is 0 Å². The summed E-state index contributed by atoms with van der Waals surface area (Å²) in [4.78, 5) is 28.4.